The molecule has 0 amide bonds. The number of rotatable bonds is 4. The molecule has 0 saturated carbocycles. The molecule has 2 heterocycles. The van der Waals surface area contributed by atoms with E-state index in [9.17, 15) is 19.5 Å². The summed E-state index contributed by atoms with van der Waals surface area (Å²) in [6, 6.07) is 17.2. The Balaban J connectivity index is 2.24. The van der Waals surface area contributed by atoms with Crippen molar-refractivity contribution in [2.75, 3.05) is 6.61 Å². The molecule has 9 heteroatoms. The molecule has 2 aromatic heterocycles. The van der Waals surface area contributed by atoms with Crippen LogP contribution in [0.25, 0.3) is 22.5 Å². The van der Waals surface area contributed by atoms with Crippen molar-refractivity contribution >= 4 is 29.3 Å². The van der Waals surface area contributed by atoms with Crippen LogP contribution in [0, 0.1) is 4.77 Å². The van der Waals surface area contributed by atoms with Crippen molar-refractivity contribution in [3.8, 4) is 17.1 Å². The molecule has 1 N–H and O–H groups in total. The van der Waals surface area contributed by atoms with Crippen LogP contribution >= 0.6 is 12.2 Å². The van der Waals surface area contributed by atoms with Crippen LogP contribution in [0.3, 0.4) is 0 Å². The number of benzene rings is 2. The fourth-order valence-electron chi connectivity index (χ4n) is 3.24. The molecule has 31 heavy (non-hydrogen) atoms. The van der Waals surface area contributed by atoms with Gasteiger partial charge in [0.15, 0.2) is 16.1 Å². The number of hydrogen-bond acceptors (Lipinski definition) is 7. The summed E-state index contributed by atoms with van der Waals surface area (Å²) >= 11 is 5.57. The molecule has 0 bridgehead atoms. The van der Waals surface area contributed by atoms with Gasteiger partial charge < -0.3 is 14.3 Å². The van der Waals surface area contributed by atoms with Crippen LogP contribution in [-0.4, -0.2) is 26.8 Å². The second-order valence-electron chi connectivity index (χ2n) is 6.44. The summed E-state index contributed by atoms with van der Waals surface area (Å²) in [5, 5.41) is 10.4. The molecule has 2 aromatic carbocycles. The Bertz CT molecular complexity index is 1470. The average Bonchev–Trinajstić information content (AvgIpc) is 2.75. The van der Waals surface area contributed by atoms with Crippen LogP contribution in [0.1, 0.15) is 17.3 Å². The quantitative estimate of drug-likeness (QED) is 0.386. The number of carbonyl (C=O) groups is 1. The highest BCUT2D eigenvalue weighted by Crippen LogP contribution is 2.27. The lowest BCUT2D eigenvalue weighted by Crippen LogP contribution is -2.27. The topological polar surface area (TPSA) is 104 Å². The maximum Gasteiger partial charge on any atom is 0.356 e. The summed E-state index contributed by atoms with van der Waals surface area (Å²) in [6.45, 7) is 1.52. The zero-order valence-corrected chi connectivity index (χ0v) is 17.1. The van der Waals surface area contributed by atoms with Gasteiger partial charge in [-0.05, 0) is 43.4 Å². The number of nitrogens with zero attached hydrogens (tertiary/aromatic N) is 2. The van der Waals surface area contributed by atoms with Crippen LogP contribution in [-0.2, 0) is 4.74 Å². The normalized spacial score (nSPS) is 10.9. The molecule has 4 rings (SSSR count). The Labute approximate surface area is 180 Å². The molecule has 0 aliphatic carbocycles. The smallest absolute Gasteiger partial charge is 0.356 e. The first-order chi connectivity index (χ1) is 15.0. The van der Waals surface area contributed by atoms with Crippen LogP contribution < -0.4 is 11.2 Å². The van der Waals surface area contributed by atoms with E-state index < -0.39 is 28.5 Å². The van der Waals surface area contributed by atoms with E-state index in [0.29, 0.717) is 11.4 Å². The summed E-state index contributed by atoms with van der Waals surface area (Å²) in [7, 11) is 0. The van der Waals surface area contributed by atoms with Gasteiger partial charge in [-0.15, -0.1) is 0 Å². The van der Waals surface area contributed by atoms with Crippen LogP contribution in [0.5, 0.6) is 5.75 Å². The molecule has 0 unspecified atom stereocenters. The van der Waals surface area contributed by atoms with E-state index in [2.05, 4.69) is 0 Å². The van der Waals surface area contributed by atoms with Gasteiger partial charge in [0.25, 0.3) is 5.56 Å². The minimum atomic E-state index is -1.14. The lowest BCUT2D eigenvalue weighted by atomic mass is 10.2. The predicted molar refractivity (Wildman–Crippen MR) is 116 cm³/mol. The van der Waals surface area contributed by atoms with Gasteiger partial charge >= 0.3 is 11.6 Å². The summed E-state index contributed by atoms with van der Waals surface area (Å²) in [5.74, 6) is -1.91. The van der Waals surface area contributed by atoms with Crippen molar-refractivity contribution in [3.63, 3.8) is 0 Å². The van der Waals surface area contributed by atoms with Crippen molar-refractivity contribution < 1.29 is 19.1 Å². The Morgan fingerprint density at radius 3 is 2.10 bits per heavy atom. The van der Waals surface area contributed by atoms with E-state index in [1.807, 2.05) is 0 Å². The van der Waals surface area contributed by atoms with Crippen molar-refractivity contribution in [2.24, 2.45) is 0 Å². The van der Waals surface area contributed by atoms with Crippen molar-refractivity contribution in [1.29, 1.82) is 0 Å². The Morgan fingerprint density at radius 1 is 1.00 bits per heavy atom. The Morgan fingerprint density at radius 2 is 1.55 bits per heavy atom. The molecule has 0 radical (unpaired) electrons. The van der Waals surface area contributed by atoms with Gasteiger partial charge in [0.2, 0.25) is 5.71 Å². The maximum atomic E-state index is 13.4. The van der Waals surface area contributed by atoms with Crippen molar-refractivity contribution in [2.45, 2.75) is 6.92 Å². The third-order valence-electron chi connectivity index (χ3n) is 4.59. The number of para-hydroxylation sites is 2. The number of fused-ring (bicyclic) bond motifs is 1. The lowest BCUT2D eigenvalue weighted by Gasteiger charge is -2.16. The fraction of sp³-hybridized carbons (Fsp3) is 0.0909. The molecular formula is C22H16N2O6S. The Kier molecular flexibility index (Phi) is 5.26. The Hall–Kier alpha value is -3.98. The number of carbonyl (C=O) groups excluding carboxylic acids is 1. The van der Waals surface area contributed by atoms with Gasteiger partial charge in [-0.2, -0.15) is 0 Å². The number of esters is 1. The van der Waals surface area contributed by atoms with Crippen LogP contribution in [0.4, 0.5) is 0 Å². The number of ether oxygens (including phenoxy) is 1. The summed E-state index contributed by atoms with van der Waals surface area (Å²) in [5.41, 5.74) is -1.97. The maximum absolute atomic E-state index is 13.4. The highest BCUT2D eigenvalue weighted by atomic mass is 32.1. The van der Waals surface area contributed by atoms with Crippen molar-refractivity contribution in [3.05, 3.63) is 91.8 Å². The van der Waals surface area contributed by atoms with E-state index in [1.165, 1.54) is 9.13 Å². The van der Waals surface area contributed by atoms with Crippen molar-refractivity contribution in [1.82, 2.24) is 9.13 Å². The number of hydrogen-bond donors (Lipinski definition) is 1. The lowest BCUT2D eigenvalue weighted by molar-refractivity contribution is 0.0518. The summed E-state index contributed by atoms with van der Waals surface area (Å²) in [6.07, 6.45) is 0. The summed E-state index contributed by atoms with van der Waals surface area (Å²) < 4.78 is 12.7. The molecule has 0 atom stereocenters. The monoisotopic (exact) mass is 436 g/mol. The second-order valence-corrected chi connectivity index (χ2v) is 6.81. The van der Waals surface area contributed by atoms with Gasteiger partial charge in [0.1, 0.15) is 5.39 Å². The molecule has 156 valence electrons. The first-order valence-corrected chi connectivity index (χ1v) is 9.72. The predicted octanol–water partition coefficient (Wildman–Crippen LogP) is 3.35. The first kappa shape index (κ1) is 20.3. The number of aromatic nitrogens is 2. The second kappa shape index (κ2) is 8.04. The number of aromatic hydroxyl groups is 1. The minimum Gasteiger partial charge on any atom is -0.506 e. The fourth-order valence-corrected chi connectivity index (χ4v) is 3.62. The molecule has 0 aliphatic heterocycles. The van der Waals surface area contributed by atoms with Crippen LogP contribution in [0.2, 0.25) is 0 Å². The molecule has 0 saturated heterocycles. The zero-order chi connectivity index (χ0) is 22.1. The van der Waals surface area contributed by atoms with E-state index in [4.69, 9.17) is 21.4 Å². The SMILES string of the molecule is CCOC(=O)c1c(O)c2c(=O)n(-c3ccccc3)c(=S)n(-c3ccccc3)c2oc1=O. The van der Waals surface area contributed by atoms with Gasteiger partial charge in [-0.3, -0.25) is 13.9 Å². The van der Waals surface area contributed by atoms with Gasteiger partial charge in [-0.25, -0.2) is 9.59 Å². The molecule has 0 spiro atoms. The van der Waals surface area contributed by atoms with E-state index in [0.717, 1.165) is 0 Å². The largest absolute Gasteiger partial charge is 0.506 e. The zero-order valence-electron chi connectivity index (χ0n) is 16.3. The molecule has 4 aromatic rings. The van der Waals surface area contributed by atoms with Gasteiger partial charge in [0, 0.05) is 0 Å². The first-order valence-electron chi connectivity index (χ1n) is 9.31. The van der Waals surface area contributed by atoms with E-state index in [1.54, 1.807) is 67.6 Å². The minimum absolute atomic E-state index is 0.0151. The molecular weight excluding hydrogens is 420 g/mol. The van der Waals surface area contributed by atoms with Gasteiger partial charge in [-0.1, -0.05) is 36.4 Å². The molecule has 8 nitrogen and oxygen atoms in total. The third kappa shape index (κ3) is 3.34. The highest BCUT2D eigenvalue weighted by molar-refractivity contribution is 7.71. The van der Waals surface area contributed by atoms with Crippen LogP contribution in [0.15, 0.2) is 74.7 Å². The standard InChI is InChI=1S/C22H16N2O6S/c1-2-29-20(27)16-17(25)15-18(26)23(13-9-5-3-6-10-13)22(31)24(19(15)30-21(16)28)14-11-7-4-8-12-14/h3-12,25H,2H2,1H3. The highest BCUT2D eigenvalue weighted by Gasteiger charge is 2.27. The third-order valence-corrected chi connectivity index (χ3v) is 4.96. The molecule has 0 aliphatic rings. The molecule has 0 fully saturated rings. The van der Waals surface area contributed by atoms with E-state index in [-0.39, 0.29) is 22.5 Å². The summed E-state index contributed by atoms with van der Waals surface area (Å²) in [4.78, 5) is 38.2. The van der Waals surface area contributed by atoms with E-state index >= 15 is 0 Å². The van der Waals surface area contributed by atoms with Gasteiger partial charge in [0.05, 0.1) is 18.0 Å². The average molecular weight is 436 g/mol.